The lowest BCUT2D eigenvalue weighted by molar-refractivity contribution is -0.305. The number of alkyl halides is 1. The molecule has 0 aliphatic rings. The number of rotatable bonds is 13. The van der Waals surface area contributed by atoms with Crippen molar-refractivity contribution >= 4 is 21.9 Å². The van der Waals surface area contributed by atoms with Gasteiger partial charge in [0.15, 0.2) is 0 Å². The Kier molecular flexibility index (Phi) is 11.1. The highest BCUT2D eigenvalue weighted by molar-refractivity contribution is 9.09. The number of unbranched alkanes of at least 4 members (excludes halogenated alkanes) is 6. The van der Waals surface area contributed by atoms with Gasteiger partial charge in [0.05, 0.1) is 0 Å². The molecular weight excluding hydrogens is 340 g/mol. The van der Waals surface area contributed by atoms with E-state index in [0.29, 0.717) is 6.42 Å². The molecule has 0 saturated heterocycles. The minimum absolute atomic E-state index is 0.155. The third-order valence-corrected chi connectivity index (χ3v) is 4.59. The molecule has 0 aliphatic heterocycles. The second kappa shape index (κ2) is 12.7. The van der Waals surface area contributed by atoms with Gasteiger partial charge in [-0.25, -0.2) is 0 Å². The number of halogens is 1. The predicted molar refractivity (Wildman–Crippen MR) is 94.2 cm³/mol. The third kappa shape index (κ3) is 9.24. The van der Waals surface area contributed by atoms with Crippen molar-refractivity contribution < 1.29 is 9.90 Å². The van der Waals surface area contributed by atoms with Crippen LogP contribution in [0.1, 0.15) is 68.9 Å². The summed E-state index contributed by atoms with van der Waals surface area (Å²) >= 11 is 3.47. The number of hydrogen-bond donors (Lipinski definition) is 0. The summed E-state index contributed by atoms with van der Waals surface area (Å²) in [5, 5.41) is 11.6. The zero-order chi connectivity index (χ0) is 16.0. The smallest absolute Gasteiger partial charge is 0.0414 e. The number of benzene rings is 1. The van der Waals surface area contributed by atoms with Crippen molar-refractivity contribution in [3.63, 3.8) is 0 Å². The normalized spacial score (nSPS) is 10.8. The van der Waals surface area contributed by atoms with Crippen LogP contribution >= 0.6 is 15.9 Å². The monoisotopic (exact) mass is 367 g/mol. The molecule has 0 aliphatic carbocycles. The van der Waals surface area contributed by atoms with Crippen molar-refractivity contribution in [3.8, 4) is 0 Å². The number of carbonyl (C=O) groups is 1. The van der Waals surface area contributed by atoms with Crippen LogP contribution in [0.5, 0.6) is 0 Å². The molecule has 0 fully saturated rings. The van der Waals surface area contributed by atoms with E-state index in [1.165, 1.54) is 56.1 Å². The van der Waals surface area contributed by atoms with Gasteiger partial charge in [0.25, 0.3) is 0 Å². The van der Waals surface area contributed by atoms with E-state index in [2.05, 4.69) is 34.1 Å². The average Bonchev–Trinajstić information content (AvgIpc) is 2.51. The first-order chi connectivity index (χ1) is 10.7. The standard InChI is InChI=1S/C19H29BrO2/c20-16-9-5-3-1-2-4-6-11-17-12-7-8-13-18(17)14-10-15-19(21)22/h7-8,12-13H,1-6,9-11,14-16H2,(H,21,22)/p-1. The van der Waals surface area contributed by atoms with E-state index in [1.54, 1.807) is 0 Å². The van der Waals surface area contributed by atoms with Crippen molar-refractivity contribution in [3.05, 3.63) is 35.4 Å². The highest BCUT2D eigenvalue weighted by Gasteiger charge is 2.02. The Labute approximate surface area is 143 Å². The molecule has 0 saturated carbocycles. The molecule has 2 nitrogen and oxygen atoms in total. The van der Waals surface area contributed by atoms with Crippen molar-refractivity contribution in [1.29, 1.82) is 0 Å². The van der Waals surface area contributed by atoms with Crippen LogP contribution in [0.4, 0.5) is 0 Å². The van der Waals surface area contributed by atoms with E-state index in [1.807, 2.05) is 6.07 Å². The summed E-state index contributed by atoms with van der Waals surface area (Å²) in [4.78, 5) is 10.5. The van der Waals surface area contributed by atoms with Gasteiger partial charge >= 0.3 is 0 Å². The maximum Gasteiger partial charge on any atom is 0.0414 e. The van der Waals surface area contributed by atoms with Gasteiger partial charge in [0, 0.05) is 11.3 Å². The number of carboxylic acids is 1. The number of aliphatic carboxylic acids is 1. The zero-order valence-corrected chi connectivity index (χ0v) is 15.1. The molecule has 22 heavy (non-hydrogen) atoms. The maximum atomic E-state index is 10.5. The van der Waals surface area contributed by atoms with E-state index in [4.69, 9.17) is 0 Å². The molecule has 0 spiro atoms. The van der Waals surface area contributed by atoms with Crippen molar-refractivity contribution in [2.24, 2.45) is 0 Å². The van der Waals surface area contributed by atoms with Gasteiger partial charge in [-0.3, -0.25) is 0 Å². The fourth-order valence-electron chi connectivity index (χ4n) is 2.76. The highest BCUT2D eigenvalue weighted by Crippen LogP contribution is 2.16. The summed E-state index contributed by atoms with van der Waals surface area (Å²) in [5.74, 6) is -0.947. The number of carboxylic acid groups (broad SMARTS) is 1. The van der Waals surface area contributed by atoms with Crippen molar-refractivity contribution in [2.45, 2.75) is 70.6 Å². The minimum atomic E-state index is -0.947. The van der Waals surface area contributed by atoms with Crippen LogP contribution in [-0.2, 0) is 17.6 Å². The van der Waals surface area contributed by atoms with Crippen LogP contribution in [-0.4, -0.2) is 11.3 Å². The van der Waals surface area contributed by atoms with Crippen molar-refractivity contribution in [1.82, 2.24) is 0 Å². The van der Waals surface area contributed by atoms with Crippen LogP contribution in [0.15, 0.2) is 24.3 Å². The summed E-state index contributed by atoms with van der Waals surface area (Å²) in [6.07, 6.45) is 12.0. The Hall–Kier alpha value is -0.830. The Balaban J connectivity index is 2.20. The number of hydrogen-bond acceptors (Lipinski definition) is 2. The summed E-state index contributed by atoms with van der Waals surface area (Å²) in [5.41, 5.74) is 2.70. The van der Waals surface area contributed by atoms with E-state index >= 15 is 0 Å². The van der Waals surface area contributed by atoms with Gasteiger partial charge in [-0.2, -0.15) is 0 Å². The number of carbonyl (C=O) groups excluding carboxylic acids is 1. The summed E-state index contributed by atoms with van der Waals surface area (Å²) in [6.45, 7) is 0. The maximum absolute atomic E-state index is 10.5. The van der Waals surface area contributed by atoms with Crippen LogP contribution in [0.3, 0.4) is 0 Å². The molecule has 3 heteroatoms. The second-order valence-electron chi connectivity index (χ2n) is 5.91. The molecule has 1 aromatic rings. The van der Waals surface area contributed by atoms with E-state index in [9.17, 15) is 9.90 Å². The summed E-state index contributed by atoms with van der Waals surface area (Å²) < 4.78 is 0. The van der Waals surface area contributed by atoms with Crippen LogP contribution in [0, 0.1) is 0 Å². The molecule has 1 rings (SSSR count). The average molecular weight is 368 g/mol. The lowest BCUT2D eigenvalue weighted by atomic mass is 9.97. The van der Waals surface area contributed by atoms with Gasteiger partial charge in [-0.15, -0.1) is 0 Å². The molecule has 0 aromatic heterocycles. The Bertz CT molecular complexity index is 418. The van der Waals surface area contributed by atoms with Gasteiger partial charge in [0.1, 0.15) is 0 Å². The fourth-order valence-corrected chi connectivity index (χ4v) is 3.16. The van der Waals surface area contributed by atoms with E-state index < -0.39 is 5.97 Å². The molecule has 0 radical (unpaired) electrons. The minimum Gasteiger partial charge on any atom is -0.550 e. The highest BCUT2D eigenvalue weighted by atomic mass is 79.9. The lowest BCUT2D eigenvalue weighted by Gasteiger charge is -2.10. The molecule has 0 atom stereocenters. The topological polar surface area (TPSA) is 40.1 Å². The van der Waals surface area contributed by atoms with Crippen LogP contribution in [0.2, 0.25) is 0 Å². The molecular formula is C19H28BrO2-. The van der Waals surface area contributed by atoms with Gasteiger partial charge in [-0.05, 0) is 49.7 Å². The Morgan fingerprint density at radius 3 is 1.86 bits per heavy atom. The van der Waals surface area contributed by atoms with Gasteiger partial charge < -0.3 is 9.90 Å². The summed E-state index contributed by atoms with van der Waals surface area (Å²) in [7, 11) is 0. The Morgan fingerprint density at radius 1 is 0.818 bits per heavy atom. The van der Waals surface area contributed by atoms with Gasteiger partial charge in [-0.1, -0.05) is 72.3 Å². The number of aryl methyl sites for hydroxylation is 2. The van der Waals surface area contributed by atoms with Crippen LogP contribution < -0.4 is 5.11 Å². The van der Waals surface area contributed by atoms with E-state index in [0.717, 1.165) is 18.2 Å². The quantitative estimate of drug-likeness (QED) is 0.382. The Morgan fingerprint density at radius 2 is 1.32 bits per heavy atom. The lowest BCUT2D eigenvalue weighted by Crippen LogP contribution is -2.21. The molecule has 1 aromatic carbocycles. The largest absolute Gasteiger partial charge is 0.550 e. The first-order valence-electron chi connectivity index (χ1n) is 8.56. The molecule has 0 bridgehead atoms. The third-order valence-electron chi connectivity index (χ3n) is 4.03. The first-order valence-corrected chi connectivity index (χ1v) is 9.68. The van der Waals surface area contributed by atoms with Crippen molar-refractivity contribution in [2.75, 3.05) is 5.33 Å². The zero-order valence-electron chi connectivity index (χ0n) is 13.5. The molecule has 124 valence electrons. The summed E-state index contributed by atoms with van der Waals surface area (Å²) in [6, 6.07) is 8.44. The molecule has 0 heterocycles. The van der Waals surface area contributed by atoms with Gasteiger partial charge in [0.2, 0.25) is 0 Å². The first kappa shape index (κ1) is 19.2. The molecule has 0 N–H and O–H groups in total. The molecule has 0 amide bonds. The fraction of sp³-hybridized carbons (Fsp3) is 0.632. The SMILES string of the molecule is O=C([O-])CCCc1ccccc1CCCCCCCCCBr. The second-order valence-corrected chi connectivity index (χ2v) is 6.70. The molecule has 0 unspecified atom stereocenters. The van der Waals surface area contributed by atoms with Crippen LogP contribution in [0.25, 0.3) is 0 Å². The predicted octanol–water partition coefficient (Wildman–Crippen LogP) is 4.43. The van der Waals surface area contributed by atoms with E-state index in [-0.39, 0.29) is 6.42 Å².